The van der Waals surface area contributed by atoms with Crippen molar-refractivity contribution in [2.24, 2.45) is 11.8 Å². The molecule has 1 N–H and O–H groups in total. The molecule has 0 bridgehead atoms. The van der Waals surface area contributed by atoms with E-state index in [1.54, 1.807) is 13.0 Å². The Morgan fingerprint density at radius 1 is 1.44 bits per heavy atom. The first-order valence-corrected chi connectivity index (χ1v) is 5.79. The largest absolute Gasteiger partial charge is 0.418 e. The van der Waals surface area contributed by atoms with Crippen molar-refractivity contribution < 1.29 is 18.3 Å². The summed E-state index contributed by atoms with van der Waals surface area (Å²) in [6.45, 7) is 3.14. The number of hydrogen-bond acceptors (Lipinski definition) is 1. The van der Waals surface area contributed by atoms with Gasteiger partial charge >= 0.3 is 6.18 Å². The third-order valence-corrected chi connectivity index (χ3v) is 3.64. The van der Waals surface area contributed by atoms with E-state index in [0.717, 1.165) is 12.8 Å². The highest BCUT2D eigenvalue weighted by atomic mass is 19.4. The van der Waals surface area contributed by atoms with Crippen LogP contribution in [0.25, 0.3) is 0 Å². The predicted octanol–water partition coefficient (Wildman–Crippen LogP) is 3.68. The van der Waals surface area contributed by atoms with Crippen molar-refractivity contribution in [1.29, 1.82) is 0 Å². The summed E-state index contributed by atoms with van der Waals surface area (Å²) in [4.78, 5) is 0. The molecular weight excluding hydrogens is 217 g/mol. The van der Waals surface area contributed by atoms with Gasteiger partial charge in [-0.05, 0) is 25.2 Å². The number of allylic oxidation sites excluding steroid dienone is 1. The molecule has 0 aromatic heterocycles. The molecule has 0 aromatic rings. The molecule has 1 unspecified atom stereocenters. The third kappa shape index (κ3) is 2.26. The Kier molecular flexibility index (Phi) is 4.05. The normalized spacial score (nSPS) is 27.5. The quantitative estimate of drug-likeness (QED) is 0.741. The van der Waals surface area contributed by atoms with Gasteiger partial charge in [0, 0.05) is 5.92 Å². The van der Waals surface area contributed by atoms with E-state index in [-0.39, 0.29) is 0 Å². The standard InChI is InChI=1S/C12H19F3O/c1-3-9(2)11(16,12(13,14)15)10-7-5-4-6-8-10/h5,7,9-10,16H,3-4,6,8H2,1-2H3/t9?,10-,11+/m0/s1. The summed E-state index contributed by atoms with van der Waals surface area (Å²) in [6, 6.07) is 0. The number of halogens is 3. The highest BCUT2D eigenvalue weighted by Gasteiger charge is 2.59. The lowest BCUT2D eigenvalue weighted by Gasteiger charge is -2.41. The molecule has 0 radical (unpaired) electrons. The van der Waals surface area contributed by atoms with Gasteiger partial charge in [0.1, 0.15) is 0 Å². The zero-order valence-corrected chi connectivity index (χ0v) is 9.72. The van der Waals surface area contributed by atoms with Gasteiger partial charge in [-0.3, -0.25) is 0 Å². The second kappa shape index (κ2) is 4.78. The zero-order chi connectivity index (χ0) is 12.4. The Morgan fingerprint density at radius 3 is 2.44 bits per heavy atom. The van der Waals surface area contributed by atoms with Gasteiger partial charge in [-0.1, -0.05) is 32.4 Å². The molecule has 1 nitrogen and oxygen atoms in total. The van der Waals surface area contributed by atoms with Crippen LogP contribution in [0.2, 0.25) is 0 Å². The maximum Gasteiger partial charge on any atom is 0.418 e. The minimum Gasteiger partial charge on any atom is -0.380 e. The van der Waals surface area contributed by atoms with E-state index >= 15 is 0 Å². The molecule has 1 aliphatic carbocycles. The molecule has 1 aliphatic rings. The second-order valence-electron chi connectivity index (χ2n) is 4.60. The van der Waals surface area contributed by atoms with Gasteiger partial charge in [-0.25, -0.2) is 0 Å². The molecule has 0 saturated carbocycles. The van der Waals surface area contributed by atoms with E-state index in [1.807, 2.05) is 0 Å². The molecule has 16 heavy (non-hydrogen) atoms. The average molecular weight is 236 g/mol. The van der Waals surface area contributed by atoms with Crippen molar-refractivity contribution in [2.45, 2.75) is 51.3 Å². The summed E-state index contributed by atoms with van der Waals surface area (Å²) in [7, 11) is 0. The zero-order valence-electron chi connectivity index (χ0n) is 9.72. The highest BCUT2D eigenvalue weighted by molar-refractivity contribution is 5.07. The fourth-order valence-electron chi connectivity index (χ4n) is 2.35. The number of alkyl halides is 3. The second-order valence-corrected chi connectivity index (χ2v) is 4.60. The molecule has 0 aromatic carbocycles. The van der Waals surface area contributed by atoms with Gasteiger partial charge in [-0.15, -0.1) is 0 Å². The number of hydrogen-bond donors (Lipinski definition) is 1. The SMILES string of the molecule is CCC(C)[C@@](O)([C@H]1C=CCCC1)C(F)(F)F. The van der Waals surface area contributed by atoms with Crippen LogP contribution in [0, 0.1) is 11.8 Å². The summed E-state index contributed by atoms with van der Waals surface area (Å²) in [6.07, 6.45) is 0.976. The molecule has 0 aliphatic heterocycles. The molecule has 0 amide bonds. The van der Waals surface area contributed by atoms with Crippen LogP contribution in [-0.4, -0.2) is 16.9 Å². The Balaban J connectivity index is 3.03. The minimum absolute atomic E-state index is 0.320. The smallest absolute Gasteiger partial charge is 0.380 e. The summed E-state index contributed by atoms with van der Waals surface area (Å²) in [5.41, 5.74) is -2.57. The summed E-state index contributed by atoms with van der Waals surface area (Å²) in [5, 5.41) is 10.1. The highest BCUT2D eigenvalue weighted by Crippen LogP contribution is 2.46. The maximum absolute atomic E-state index is 13.0. The van der Waals surface area contributed by atoms with Gasteiger partial charge in [0.15, 0.2) is 5.60 Å². The Bertz CT molecular complexity index is 259. The lowest BCUT2D eigenvalue weighted by atomic mass is 9.72. The minimum atomic E-state index is -4.56. The van der Waals surface area contributed by atoms with Gasteiger partial charge < -0.3 is 5.11 Å². The summed E-state index contributed by atoms with van der Waals surface area (Å²) < 4.78 is 39.1. The fourth-order valence-corrected chi connectivity index (χ4v) is 2.35. The molecule has 94 valence electrons. The average Bonchev–Trinajstić information content (AvgIpc) is 2.26. The van der Waals surface area contributed by atoms with Crippen molar-refractivity contribution in [1.82, 2.24) is 0 Å². The van der Waals surface area contributed by atoms with E-state index in [0.29, 0.717) is 12.8 Å². The lowest BCUT2D eigenvalue weighted by Crippen LogP contribution is -2.55. The predicted molar refractivity (Wildman–Crippen MR) is 56.9 cm³/mol. The Morgan fingerprint density at radius 2 is 2.06 bits per heavy atom. The van der Waals surface area contributed by atoms with Crippen LogP contribution < -0.4 is 0 Å². The van der Waals surface area contributed by atoms with Crippen LogP contribution in [0.5, 0.6) is 0 Å². The van der Waals surface area contributed by atoms with E-state index < -0.39 is 23.6 Å². The molecular formula is C12H19F3O. The van der Waals surface area contributed by atoms with Gasteiger partial charge in [0.05, 0.1) is 0 Å². The van der Waals surface area contributed by atoms with Crippen molar-refractivity contribution in [3.05, 3.63) is 12.2 Å². The van der Waals surface area contributed by atoms with E-state index in [9.17, 15) is 18.3 Å². The van der Waals surface area contributed by atoms with Crippen LogP contribution >= 0.6 is 0 Å². The molecule has 3 atom stereocenters. The van der Waals surface area contributed by atoms with Gasteiger partial charge in [-0.2, -0.15) is 13.2 Å². The lowest BCUT2D eigenvalue weighted by molar-refractivity contribution is -0.293. The summed E-state index contributed by atoms with van der Waals surface area (Å²) >= 11 is 0. The van der Waals surface area contributed by atoms with Crippen molar-refractivity contribution in [2.75, 3.05) is 0 Å². The molecule has 0 heterocycles. The monoisotopic (exact) mass is 236 g/mol. The molecule has 0 spiro atoms. The summed E-state index contributed by atoms with van der Waals surface area (Å²) in [5.74, 6) is -1.57. The van der Waals surface area contributed by atoms with Crippen LogP contribution in [-0.2, 0) is 0 Å². The van der Waals surface area contributed by atoms with E-state index in [2.05, 4.69) is 0 Å². The third-order valence-electron chi connectivity index (χ3n) is 3.64. The van der Waals surface area contributed by atoms with Crippen LogP contribution in [0.15, 0.2) is 12.2 Å². The Labute approximate surface area is 94.3 Å². The van der Waals surface area contributed by atoms with Gasteiger partial charge in [0.2, 0.25) is 0 Å². The fraction of sp³-hybridized carbons (Fsp3) is 0.833. The van der Waals surface area contributed by atoms with Crippen LogP contribution in [0.4, 0.5) is 13.2 Å². The van der Waals surface area contributed by atoms with Crippen molar-refractivity contribution in [3.8, 4) is 0 Å². The Hall–Kier alpha value is -0.510. The molecule has 4 heteroatoms. The van der Waals surface area contributed by atoms with Gasteiger partial charge in [0.25, 0.3) is 0 Å². The van der Waals surface area contributed by atoms with Crippen molar-refractivity contribution >= 4 is 0 Å². The van der Waals surface area contributed by atoms with Crippen molar-refractivity contribution in [3.63, 3.8) is 0 Å². The number of aliphatic hydroxyl groups is 1. The number of rotatable bonds is 3. The molecule has 0 fully saturated rings. The molecule has 0 saturated heterocycles. The van der Waals surface area contributed by atoms with E-state index in [4.69, 9.17) is 0 Å². The van der Waals surface area contributed by atoms with E-state index in [1.165, 1.54) is 13.0 Å². The first-order chi connectivity index (χ1) is 7.34. The maximum atomic E-state index is 13.0. The van der Waals surface area contributed by atoms with Crippen LogP contribution in [0.1, 0.15) is 39.5 Å². The first kappa shape index (κ1) is 13.6. The first-order valence-electron chi connectivity index (χ1n) is 5.79. The molecule has 1 rings (SSSR count). The van der Waals surface area contributed by atoms with Crippen LogP contribution in [0.3, 0.4) is 0 Å². The topological polar surface area (TPSA) is 20.2 Å².